The lowest BCUT2D eigenvalue weighted by molar-refractivity contribution is 0.882. The zero-order valence-corrected chi connectivity index (χ0v) is 7.64. The van der Waals surface area contributed by atoms with Gasteiger partial charge >= 0.3 is 0 Å². The normalized spacial score (nSPS) is 10.3. The maximum absolute atomic E-state index is 5.47. The van der Waals surface area contributed by atoms with Crippen molar-refractivity contribution in [2.75, 3.05) is 5.73 Å². The molecule has 2 rings (SSSR count). The Kier molecular flexibility index (Phi) is 2.40. The quantitative estimate of drug-likeness (QED) is 0.739. The summed E-state index contributed by atoms with van der Waals surface area (Å²) in [4.78, 5) is 14.9. The molecule has 2 aromatic heterocycles. The predicted molar refractivity (Wildman–Crippen MR) is 52.4 cm³/mol. The Morgan fingerprint density at radius 3 is 3.00 bits per heavy atom. The lowest BCUT2D eigenvalue weighted by Gasteiger charge is -1.98. The maximum atomic E-state index is 5.47. The number of H-pyrrole nitrogens is 1. The maximum Gasteiger partial charge on any atom is 0.220 e. The largest absolute Gasteiger partial charge is 0.368 e. The molecule has 0 unspecified atom stereocenters. The number of anilines is 1. The van der Waals surface area contributed by atoms with Crippen LogP contribution in [0.1, 0.15) is 11.4 Å². The van der Waals surface area contributed by atoms with Crippen molar-refractivity contribution in [2.24, 2.45) is 0 Å². The molecule has 14 heavy (non-hydrogen) atoms. The number of nitrogen functional groups attached to an aromatic ring is 1. The van der Waals surface area contributed by atoms with Crippen molar-refractivity contribution < 1.29 is 0 Å². The molecule has 3 N–H and O–H groups in total. The van der Waals surface area contributed by atoms with Gasteiger partial charge in [-0.3, -0.25) is 0 Å². The summed E-state index contributed by atoms with van der Waals surface area (Å²) in [5.74, 6) is 0.326. The van der Waals surface area contributed by atoms with Gasteiger partial charge in [0.15, 0.2) is 0 Å². The van der Waals surface area contributed by atoms with Crippen LogP contribution in [0.2, 0.25) is 0 Å². The molecular formula is C9H11N5. The van der Waals surface area contributed by atoms with Crippen molar-refractivity contribution in [2.45, 2.75) is 12.8 Å². The highest BCUT2D eigenvalue weighted by Crippen LogP contribution is 2.02. The first kappa shape index (κ1) is 8.68. The SMILES string of the molecule is Nc1nccc(CCc2cnc[nH]2)n1. The van der Waals surface area contributed by atoms with E-state index >= 15 is 0 Å². The molecule has 0 aliphatic carbocycles. The topological polar surface area (TPSA) is 80.5 Å². The average molecular weight is 189 g/mol. The molecule has 72 valence electrons. The van der Waals surface area contributed by atoms with E-state index < -0.39 is 0 Å². The Bertz CT molecular complexity index is 395. The molecule has 0 saturated carbocycles. The van der Waals surface area contributed by atoms with Crippen LogP contribution in [0.4, 0.5) is 5.95 Å². The number of hydrogen-bond donors (Lipinski definition) is 2. The fourth-order valence-electron chi connectivity index (χ4n) is 1.24. The number of aromatic nitrogens is 4. The Labute approximate surface area is 81.4 Å². The second-order valence-electron chi connectivity index (χ2n) is 2.98. The van der Waals surface area contributed by atoms with Gasteiger partial charge in [0.1, 0.15) is 0 Å². The average Bonchev–Trinajstić information content (AvgIpc) is 2.67. The van der Waals surface area contributed by atoms with Crippen molar-refractivity contribution in [3.05, 3.63) is 36.2 Å². The van der Waals surface area contributed by atoms with Crippen LogP contribution in [-0.2, 0) is 12.8 Å². The molecule has 5 nitrogen and oxygen atoms in total. The summed E-state index contributed by atoms with van der Waals surface area (Å²) in [7, 11) is 0. The van der Waals surface area contributed by atoms with Gasteiger partial charge in [0.2, 0.25) is 5.95 Å². The van der Waals surface area contributed by atoms with Gasteiger partial charge in [-0.2, -0.15) is 0 Å². The number of nitrogens with one attached hydrogen (secondary N) is 1. The molecular weight excluding hydrogens is 178 g/mol. The fraction of sp³-hybridized carbons (Fsp3) is 0.222. The highest BCUT2D eigenvalue weighted by atomic mass is 15.0. The minimum absolute atomic E-state index is 0.326. The van der Waals surface area contributed by atoms with Crippen molar-refractivity contribution >= 4 is 5.95 Å². The van der Waals surface area contributed by atoms with E-state index in [1.165, 1.54) is 0 Å². The van der Waals surface area contributed by atoms with Crippen LogP contribution in [-0.4, -0.2) is 19.9 Å². The van der Waals surface area contributed by atoms with Gasteiger partial charge in [-0.15, -0.1) is 0 Å². The summed E-state index contributed by atoms with van der Waals surface area (Å²) < 4.78 is 0. The molecule has 0 aromatic carbocycles. The summed E-state index contributed by atoms with van der Waals surface area (Å²) in [5.41, 5.74) is 7.52. The summed E-state index contributed by atoms with van der Waals surface area (Å²) in [6.45, 7) is 0. The molecule has 5 heteroatoms. The van der Waals surface area contributed by atoms with Gasteiger partial charge in [-0.05, 0) is 18.9 Å². The van der Waals surface area contributed by atoms with E-state index in [2.05, 4.69) is 19.9 Å². The summed E-state index contributed by atoms with van der Waals surface area (Å²) in [6.07, 6.45) is 6.88. The first-order valence-corrected chi connectivity index (χ1v) is 4.39. The first-order valence-electron chi connectivity index (χ1n) is 4.39. The summed E-state index contributed by atoms with van der Waals surface area (Å²) >= 11 is 0. The minimum atomic E-state index is 0.326. The highest BCUT2D eigenvalue weighted by molar-refractivity contribution is 5.17. The van der Waals surface area contributed by atoms with E-state index in [0.717, 1.165) is 24.2 Å². The van der Waals surface area contributed by atoms with Crippen molar-refractivity contribution in [1.29, 1.82) is 0 Å². The van der Waals surface area contributed by atoms with Crippen LogP contribution in [0.5, 0.6) is 0 Å². The van der Waals surface area contributed by atoms with Crippen molar-refractivity contribution in [3.8, 4) is 0 Å². The van der Waals surface area contributed by atoms with Crippen LogP contribution in [0.3, 0.4) is 0 Å². The zero-order chi connectivity index (χ0) is 9.80. The zero-order valence-electron chi connectivity index (χ0n) is 7.64. The fourth-order valence-corrected chi connectivity index (χ4v) is 1.24. The third kappa shape index (κ3) is 2.07. The van der Waals surface area contributed by atoms with Gasteiger partial charge in [-0.25, -0.2) is 15.0 Å². The molecule has 0 fully saturated rings. The van der Waals surface area contributed by atoms with E-state index in [4.69, 9.17) is 5.73 Å². The number of rotatable bonds is 3. The second kappa shape index (κ2) is 3.87. The molecule has 0 aliphatic rings. The third-order valence-corrected chi connectivity index (χ3v) is 1.94. The van der Waals surface area contributed by atoms with Gasteiger partial charge in [0.25, 0.3) is 0 Å². The van der Waals surface area contributed by atoms with Gasteiger partial charge in [0, 0.05) is 23.8 Å². The number of aryl methyl sites for hydroxylation is 2. The van der Waals surface area contributed by atoms with Crippen molar-refractivity contribution in [1.82, 2.24) is 19.9 Å². The predicted octanol–water partition coefficient (Wildman–Crippen LogP) is 0.567. The van der Waals surface area contributed by atoms with Gasteiger partial charge in [0.05, 0.1) is 6.33 Å². The number of imidazole rings is 1. The molecule has 0 saturated heterocycles. The Balaban J connectivity index is 1.98. The standard InChI is InChI=1S/C9H11N5/c10-9-12-4-3-7(14-9)1-2-8-5-11-6-13-8/h3-6H,1-2H2,(H,11,13)(H2,10,12,14). The van der Waals surface area contributed by atoms with E-state index in [-0.39, 0.29) is 0 Å². The van der Waals surface area contributed by atoms with Crippen molar-refractivity contribution in [3.63, 3.8) is 0 Å². The molecule has 0 spiro atoms. The van der Waals surface area contributed by atoms with Crippen LogP contribution in [0.25, 0.3) is 0 Å². The summed E-state index contributed by atoms with van der Waals surface area (Å²) in [6, 6.07) is 1.87. The number of hydrogen-bond acceptors (Lipinski definition) is 4. The Morgan fingerprint density at radius 2 is 2.29 bits per heavy atom. The number of aromatic amines is 1. The third-order valence-electron chi connectivity index (χ3n) is 1.94. The molecule has 0 bridgehead atoms. The van der Waals surface area contributed by atoms with Crippen LogP contribution < -0.4 is 5.73 Å². The van der Waals surface area contributed by atoms with Gasteiger partial charge < -0.3 is 10.7 Å². The number of nitrogens with two attached hydrogens (primary N) is 1. The Morgan fingerprint density at radius 1 is 1.36 bits per heavy atom. The van der Waals surface area contributed by atoms with Gasteiger partial charge in [-0.1, -0.05) is 0 Å². The van der Waals surface area contributed by atoms with Crippen LogP contribution >= 0.6 is 0 Å². The minimum Gasteiger partial charge on any atom is -0.368 e. The molecule has 2 heterocycles. The molecule has 0 radical (unpaired) electrons. The number of nitrogens with zero attached hydrogens (tertiary/aromatic N) is 3. The van der Waals surface area contributed by atoms with E-state index in [1.807, 2.05) is 12.3 Å². The molecule has 0 atom stereocenters. The highest BCUT2D eigenvalue weighted by Gasteiger charge is 1.98. The lowest BCUT2D eigenvalue weighted by Crippen LogP contribution is -2.00. The smallest absolute Gasteiger partial charge is 0.220 e. The molecule has 2 aromatic rings. The first-order chi connectivity index (χ1) is 6.84. The Hall–Kier alpha value is -1.91. The van der Waals surface area contributed by atoms with E-state index in [0.29, 0.717) is 5.95 Å². The van der Waals surface area contributed by atoms with Crippen LogP contribution in [0, 0.1) is 0 Å². The second-order valence-corrected chi connectivity index (χ2v) is 2.98. The molecule has 0 amide bonds. The monoisotopic (exact) mass is 189 g/mol. The summed E-state index contributed by atoms with van der Waals surface area (Å²) in [5, 5.41) is 0. The van der Waals surface area contributed by atoms with E-state index in [1.54, 1.807) is 12.5 Å². The molecule has 0 aliphatic heterocycles. The lowest BCUT2D eigenvalue weighted by atomic mass is 10.2. The van der Waals surface area contributed by atoms with E-state index in [9.17, 15) is 0 Å². The van der Waals surface area contributed by atoms with Crippen LogP contribution in [0.15, 0.2) is 24.8 Å².